The number of benzene rings is 1. The number of aromatic nitrogens is 3. The van der Waals surface area contributed by atoms with E-state index >= 15 is 0 Å². The lowest BCUT2D eigenvalue weighted by atomic mass is 10.2. The van der Waals surface area contributed by atoms with Crippen LogP contribution in [0.3, 0.4) is 0 Å². The van der Waals surface area contributed by atoms with Crippen LogP contribution in [0.2, 0.25) is 0 Å². The van der Waals surface area contributed by atoms with Crippen molar-refractivity contribution in [1.29, 1.82) is 0 Å². The van der Waals surface area contributed by atoms with E-state index in [1.54, 1.807) is 7.05 Å². The van der Waals surface area contributed by atoms with Crippen LogP contribution in [0.4, 0.5) is 8.78 Å². The molecule has 1 N–H and O–H groups in total. The molecule has 0 aliphatic carbocycles. The van der Waals surface area contributed by atoms with Crippen molar-refractivity contribution in [2.75, 3.05) is 0 Å². The molecule has 5 nitrogen and oxygen atoms in total. The highest BCUT2D eigenvalue weighted by Gasteiger charge is 2.14. The van der Waals surface area contributed by atoms with Crippen LogP contribution in [0.15, 0.2) is 18.2 Å². The molecule has 19 heavy (non-hydrogen) atoms. The standard InChI is InChI=1S/C12H11F2N3O2/c1-17-12(8-3-2-7(13)6-9(8)14)15-10(16-17)4-5-11(18)19/h2-3,6H,4-5H2,1H3,(H,18,19). The lowest BCUT2D eigenvalue weighted by molar-refractivity contribution is -0.137. The molecule has 0 aliphatic heterocycles. The summed E-state index contributed by atoms with van der Waals surface area (Å²) < 4.78 is 27.8. The Balaban J connectivity index is 2.32. The largest absolute Gasteiger partial charge is 0.481 e. The van der Waals surface area contributed by atoms with Gasteiger partial charge in [0.25, 0.3) is 0 Å². The molecule has 0 atom stereocenters. The van der Waals surface area contributed by atoms with Gasteiger partial charge in [-0.1, -0.05) is 0 Å². The van der Waals surface area contributed by atoms with Gasteiger partial charge >= 0.3 is 5.97 Å². The lowest BCUT2D eigenvalue weighted by Crippen LogP contribution is -1.99. The predicted molar refractivity (Wildman–Crippen MR) is 62.3 cm³/mol. The summed E-state index contributed by atoms with van der Waals surface area (Å²) in [4.78, 5) is 14.5. The van der Waals surface area contributed by atoms with Gasteiger partial charge in [0.15, 0.2) is 11.6 Å². The second kappa shape index (κ2) is 5.13. The summed E-state index contributed by atoms with van der Waals surface area (Å²) in [5.41, 5.74) is 0.123. The van der Waals surface area contributed by atoms with Crippen LogP contribution >= 0.6 is 0 Å². The van der Waals surface area contributed by atoms with Crippen LogP contribution in [-0.2, 0) is 18.3 Å². The molecule has 0 bridgehead atoms. The van der Waals surface area contributed by atoms with Gasteiger partial charge in [-0.3, -0.25) is 4.79 Å². The number of hydrogen-bond acceptors (Lipinski definition) is 3. The maximum Gasteiger partial charge on any atom is 0.303 e. The number of aryl methyl sites for hydroxylation is 2. The minimum absolute atomic E-state index is 0.102. The van der Waals surface area contributed by atoms with Gasteiger partial charge in [-0.15, -0.1) is 0 Å². The number of rotatable bonds is 4. The third kappa shape index (κ3) is 2.93. The molecule has 1 heterocycles. The van der Waals surface area contributed by atoms with Crippen molar-refractivity contribution in [3.8, 4) is 11.4 Å². The highest BCUT2D eigenvalue weighted by Crippen LogP contribution is 2.21. The topological polar surface area (TPSA) is 68.0 Å². The first-order chi connectivity index (χ1) is 8.97. The van der Waals surface area contributed by atoms with E-state index in [4.69, 9.17) is 5.11 Å². The average Bonchev–Trinajstić information content (AvgIpc) is 2.68. The van der Waals surface area contributed by atoms with Gasteiger partial charge in [-0.2, -0.15) is 5.10 Å². The number of carboxylic acids is 1. The molecule has 0 fully saturated rings. The number of hydrogen-bond donors (Lipinski definition) is 1. The Morgan fingerprint density at radius 2 is 2.16 bits per heavy atom. The van der Waals surface area contributed by atoms with Crippen molar-refractivity contribution in [2.45, 2.75) is 12.8 Å². The molecule has 1 aromatic carbocycles. The van der Waals surface area contributed by atoms with Crippen LogP contribution < -0.4 is 0 Å². The number of nitrogens with zero attached hydrogens (tertiary/aromatic N) is 3. The SMILES string of the molecule is Cn1nc(CCC(=O)O)nc1-c1ccc(F)cc1F. The van der Waals surface area contributed by atoms with Crippen LogP contribution in [0.25, 0.3) is 11.4 Å². The molecule has 1 aromatic heterocycles. The van der Waals surface area contributed by atoms with E-state index in [0.717, 1.165) is 12.1 Å². The van der Waals surface area contributed by atoms with Crippen LogP contribution in [0, 0.1) is 11.6 Å². The zero-order valence-electron chi connectivity index (χ0n) is 10.1. The Kier molecular flexibility index (Phi) is 3.55. The Morgan fingerprint density at radius 3 is 2.79 bits per heavy atom. The fraction of sp³-hybridized carbons (Fsp3) is 0.250. The normalized spacial score (nSPS) is 10.7. The van der Waals surface area contributed by atoms with Gasteiger partial charge < -0.3 is 5.11 Å². The van der Waals surface area contributed by atoms with Gasteiger partial charge in [0.05, 0.1) is 12.0 Å². The van der Waals surface area contributed by atoms with Crippen molar-refractivity contribution in [3.63, 3.8) is 0 Å². The van der Waals surface area contributed by atoms with Crippen LogP contribution in [0.1, 0.15) is 12.2 Å². The van der Waals surface area contributed by atoms with E-state index in [0.29, 0.717) is 5.82 Å². The predicted octanol–water partition coefficient (Wildman–Crippen LogP) is 1.78. The molecular weight excluding hydrogens is 256 g/mol. The molecule has 0 radical (unpaired) electrons. The molecule has 0 amide bonds. The number of carboxylic acid groups (broad SMARTS) is 1. The zero-order chi connectivity index (χ0) is 14.0. The van der Waals surface area contributed by atoms with E-state index in [-0.39, 0.29) is 24.2 Å². The minimum atomic E-state index is -0.957. The second-order valence-electron chi connectivity index (χ2n) is 3.99. The van der Waals surface area contributed by atoms with Crippen molar-refractivity contribution in [2.24, 2.45) is 7.05 Å². The third-order valence-corrected chi connectivity index (χ3v) is 2.54. The van der Waals surface area contributed by atoms with Crippen LogP contribution in [-0.4, -0.2) is 25.8 Å². The van der Waals surface area contributed by atoms with Gasteiger partial charge in [0.2, 0.25) is 0 Å². The second-order valence-corrected chi connectivity index (χ2v) is 3.99. The van der Waals surface area contributed by atoms with Crippen molar-refractivity contribution in [1.82, 2.24) is 14.8 Å². The fourth-order valence-corrected chi connectivity index (χ4v) is 1.67. The molecule has 0 unspecified atom stereocenters. The number of aliphatic carboxylic acids is 1. The van der Waals surface area contributed by atoms with Gasteiger partial charge in [-0.05, 0) is 12.1 Å². The molecular formula is C12H11F2N3O2. The number of halogens is 2. The summed E-state index contributed by atoms with van der Waals surface area (Å²) in [6.07, 6.45) is 0.0569. The van der Waals surface area contributed by atoms with Crippen molar-refractivity contribution < 1.29 is 18.7 Å². The minimum Gasteiger partial charge on any atom is -0.481 e. The summed E-state index contributed by atoms with van der Waals surface area (Å²) in [5, 5.41) is 12.6. The summed E-state index contributed by atoms with van der Waals surface area (Å²) in [6, 6.07) is 3.17. The lowest BCUT2D eigenvalue weighted by Gasteiger charge is -2.01. The van der Waals surface area contributed by atoms with E-state index < -0.39 is 17.6 Å². The molecule has 2 rings (SSSR count). The number of carbonyl (C=O) groups is 1. The molecule has 0 aliphatic rings. The van der Waals surface area contributed by atoms with Crippen molar-refractivity contribution >= 4 is 5.97 Å². The summed E-state index contributed by atoms with van der Waals surface area (Å²) in [5.74, 6) is -1.82. The molecule has 2 aromatic rings. The Morgan fingerprint density at radius 1 is 1.42 bits per heavy atom. The quantitative estimate of drug-likeness (QED) is 0.916. The monoisotopic (exact) mass is 267 g/mol. The molecule has 0 saturated heterocycles. The molecule has 0 saturated carbocycles. The Labute approximate surface area is 107 Å². The van der Waals surface area contributed by atoms with Crippen molar-refractivity contribution in [3.05, 3.63) is 35.7 Å². The smallest absolute Gasteiger partial charge is 0.303 e. The van der Waals surface area contributed by atoms with E-state index in [9.17, 15) is 13.6 Å². The average molecular weight is 267 g/mol. The van der Waals surface area contributed by atoms with Gasteiger partial charge in [0.1, 0.15) is 11.6 Å². The Hall–Kier alpha value is -2.31. The maximum absolute atomic E-state index is 13.6. The Bertz CT molecular complexity index is 625. The highest BCUT2D eigenvalue weighted by atomic mass is 19.1. The van der Waals surface area contributed by atoms with E-state index in [1.807, 2.05) is 0 Å². The maximum atomic E-state index is 13.6. The first-order valence-corrected chi connectivity index (χ1v) is 5.54. The first-order valence-electron chi connectivity index (χ1n) is 5.54. The summed E-state index contributed by atoms with van der Waals surface area (Å²) >= 11 is 0. The molecule has 0 spiro atoms. The van der Waals surface area contributed by atoms with E-state index in [2.05, 4.69) is 10.1 Å². The third-order valence-electron chi connectivity index (χ3n) is 2.54. The van der Waals surface area contributed by atoms with Gasteiger partial charge in [0, 0.05) is 19.5 Å². The zero-order valence-corrected chi connectivity index (χ0v) is 10.1. The summed E-state index contributed by atoms with van der Waals surface area (Å²) in [6.45, 7) is 0. The highest BCUT2D eigenvalue weighted by molar-refractivity contribution is 5.67. The van der Waals surface area contributed by atoms with Crippen LogP contribution in [0.5, 0.6) is 0 Å². The van der Waals surface area contributed by atoms with E-state index in [1.165, 1.54) is 10.7 Å². The first kappa shape index (κ1) is 13.1. The van der Waals surface area contributed by atoms with Gasteiger partial charge in [-0.25, -0.2) is 18.4 Å². The fourth-order valence-electron chi connectivity index (χ4n) is 1.67. The molecule has 7 heteroatoms. The summed E-state index contributed by atoms with van der Waals surface area (Å²) in [7, 11) is 1.56. The molecule has 100 valence electrons.